The minimum atomic E-state index is 0.529. The summed E-state index contributed by atoms with van der Waals surface area (Å²) in [6.45, 7) is 18.5. The molecule has 1 aliphatic carbocycles. The van der Waals surface area contributed by atoms with Crippen molar-refractivity contribution in [1.82, 2.24) is 0 Å². The van der Waals surface area contributed by atoms with E-state index < -0.39 is 0 Å². The summed E-state index contributed by atoms with van der Waals surface area (Å²) in [7, 11) is 0. The van der Waals surface area contributed by atoms with Crippen molar-refractivity contribution < 1.29 is 4.90 Å². The first-order chi connectivity index (χ1) is 9.36. The molecule has 2 unspecified atom stereocenters. The van der Waals surface area contributed by atoms with Gasteiger partial charge in [-0.1, -0.05) is 47.5 Å². The van der Waals surface area contributed by atoms with Gasteiger partial charge in [-0.05, 0) is 49.9 Å². The number of hydrogen-bond donors (Lipinski definition) is 1. The Bertz CT molecular complexity index is 245. The molecular weight excluding hydrogens is 242 g/mol. The van der Waals surface area contributed by atoms with E-state index in [1.54, 1.807) is 0 Å². The van der Waals surface area contributed by atoms with Crippen LogP contribution in [0.15, 0.2) is 0 Å². The van der Waals surface area contributed by atoms with Crippen molar-refractivity contribution in [3.05, 3.63) is 0 Å². The summed E-state index contributed by atoms with van der Waals surface area (Å²) in [5, 5.41) is 0. The standard InChI is InChI=1S/C19H39N/c1-7-13-20(8-2)15-16(3)14-17-9-11-18(12-10-17)19(4,5)6/h16-18H,7-15H2,1-6H3/p+1. The molecule has 0 bridgehead atoms. The Morgan fingerprint density at radius 3 is 2.10 bits per heavy atom. The molecule has 120 valence electrons. The minimum absolute atomic E-state index is 0.529. The Labute approximate surface area is 128 Å². The molecule has 1 saturated carbocycles. The average Bonchev–Trinajstić information content (AvgIpc) is 2.37. The predicted molar refractivity (Wildman–Crippen MR) is 90.2 cm³/mol. The average molecular weight is 283 g/mol. The summed E-state index contributed by atoms with van der Waals surface area (Å²) < 4.78 is 0. The van der Waals surface area contributed by atoms with Gasteiger partial charge < -0.3 is 4.90 Å². The largest absolute Gasteiger partial charge is 0.335 e. The number of hydrogen-bond acceptors (Lipinski definition) is 0. The molecule has 1 aliphatic rings. The van der Waals surface area contributed by atoms with E-state index in [4.69, 9.17) is 0 Å². The summed E-state index contributed by atoms with van der Waals surface area (Å²) in [5.41, 5.74) is 0.529. The molecule has 1 fully saturated rings. The number of quaternary nitrogens is 1. The van der Waals surface area contributed by atoms with E-state index in [0.29, 0.717) is 5.41 Å². The third kappa shape index (κ3) is 6.16. The molecule has 20 heavy (non-hydrogen) atoms. The van der Waals surface area contributed by atoms with Gasteiger partial charge in [0.25, 0.3) is 0 Å². The maximum Gasteiger partial charge on any atom is 0.0796 e. The monoisotopic (exact) mass is 282 g/mol. The van der Waals surface area contributed by atoms with Gasteiger partial charge in [-0.3, -0.25) is 0 Å². The highest BCUT2D eigenvalue weighted by atomic mass is 15.1. The van der Waals surface area contributed by atoms with Crippen molar-refractivity contribution in [3.8, 4) is 0 Å². The van der Waals surface area contributed by atoms with Crippen LogP contribution in [0.1, 0.15) is 80.1 Å². The van der Waals surface area contributed by atoms with E-state index in [2.05, 4.69) is 41.5 Å². The van der Waals surface area contributed by atoms with Gasteiger partial charge in [0.15, 0.2) is 0 Å². The highest BCUT2D eigenvalue weighted by molar-refractivity contribution is 4.81. The highest BCUT2D eigenvalue weighted by Gasteiger charge is 2.30. The SMILES string of the molecule is CCC[NH+](CC)CC(C)CC1CCC(C(C)(C)C)CC1. The fraction of sp³-hybridized carbons (Fsp3) is 1.00. The fourth-order valence-electron chi connectivity index (χ4n) is 4.19. The molecule has 0 aromatic carbocycles. The van der Waals surface area contributed by atoms with Gasteiger partial charge in [0.05, 0.1) is 19.6 Å². The van der Waals surface area contributed by atoms with E-state index in [1.165, 1.54) is 58.2 Å². The summed E-state index contributed by atoms with van der Waals surface area (Å²) in [6.07, 6.45) is 8.72. The smallest absolute Gasteiger partial charge is 0.0796 e. The summed E-state index contributed by atoms with van der Waals surface area (Å²) >= 11 is 0. The number of rotatable bonds is 7. The fourth-order valence-corrected chi connectivity index (χ4v) is 4.19. The Morgan fingerprint density at radius 2 is 1.65 bits per heavy atom. The normalized spacial score (nSPS) is 27.3. The van der Waals surface area contributed by atoms with Crippen LogP contribution in [0.25, 0.3) is 0 Å². The van der Waals surface area contributed by atoms with E-state index in [1.807, 2.05) is 4.90 Å². The van der Waals surface area contributed by atoms with Crippen LogP contribution in [0.4, 0.5) is 0 Å². The minimum Gasteiger partial charge on any atom is -0.335 e. The molecule has 0 radical (unpaired) electrons. The van der Waals surface area contributed by atoms with Crippen LogP contribution in [0, 0.1) is 23.2 Å². The third-order valence-corrected chi connectivity index (χ3v) is 5.55. The lowest BCUT2D eigenvalue weighted by Crippen LogP contribution is -3.12. The summed E-state index contributed by atoms with van der Waals surface area (Å²) in [6, 6.07) is 0. The lowest BCUT2D eigenvalue weighted by molar-refractivity contribution is -0.901. The topological polar surface area (TPSA) is 4.44 Å². The van der Waals surface area contributed by atoms with Crippen molar-refractivity contribution in [2.24, 2.45) is 23.2 Å². The zero-order valence-electron chi connectivity index (χ0n) is 15.1. The van der Waals surface area contributed by atoms with Crippen molar-refractivity contribution in [1.29, 1.82) is 0 Å². The lowest BCUT2D eigenvalue weighted by atomic mass is 9.68. The Kier molecular flexibility index (Phi) is 7.58. The molecule has 2 atom stereocenters. The van der Waals surface area contributed by atoms with Gasteiger partial charge in [-0.2, -0.15) is 0 Å². The van der Waals surface area contributed by atoms with Gasteiger partial charge in [0.2, 0.25) is 0 Å². The number of nitrogens with one attached hydrogen (secondary N) is 1. The van der Waals surface area contributed by atoms with Gasteiger partial charge in [0.1, 0.15) is 0 Å². The molecule has 0 amide bonds. The zero-order valence-corrected chi connectivity index (χ0v) is 15.1. The first-order valence-corrected chi connectivity index (χ1v) is 9.20. The van der Waals surface area contributed by atoms with Crippen molar-refractivity contribution in [2.75, 3.05) is 19.6 Å². The van der Waals surface area contributed by atoms with E-state index >= 15 is 0 Å². The quantitative estimate of drug-likeness (QED) is 0.714. The summed E-state index contributed by atoms with van der Waals surface area (Å²) in [4.78, 5) is 1.81. The molecule has 0 aromatic heterocycles. The van der Waals surface area contributed by atoms with Crippen molar-refractivity contribution >= 4 is 0 Å². The Balaban J connectivity index is 2.29. The van der Waals surface area contributed by atoms with Crippen molar-refractivity contribution in [2.45, 2.75) is 80.1 Å². The van der Waals surface area contributed by atoms with Crippen LogP contribution in [-0.2, 0) is 0 Å². The maximum atomic E-state index is 2.49. The van der Waals surface area contributed by atoms with E-state index in [0.717, 1.165) is 17.8 Å². The first kappa shape index (κ1) is 18.0. The van der Waals surface area contributed by atoms with E-state index in [-0.39, 0.29) is 0 Å². The van der Waals surface area contributed by atoms with Gasteiger partial charge in [-0.25, -0.2) is 0 Å². The van der Waals surface area contributed by atoms with Gasteiger partial charge in [0, 0.05) is 5.92 Å². The second kappa shape index (κ2) is 8.41. The molecule has 1 nitrogen and oxygen atoms in total. The van der Waals surface area contributed by atoms with Crippen LogP contribution >= 0.6 is 0 Å². The second-order valence-corrected chi connectivity index (χ2v) is 8.48. The third-order valence-electron chi connectivity index (χ3n) is 5.55. The van der Waals surface area contributed by atoms with Crippen LogP contribution < -0.4 is 4.90 Å². The van der Waals surface area contributed by atoms with E-state index in [9.17, 15) is 0 Å². The molecule has 1 rings (SSSR count). The first-order valence-electron chi connectivity index (χ1n) is 9.20. The molecule has 0 heterocycles. The van der Waals surface area contributed by atoms with Crippen LogP contribution in [0.5, 0.6) is 0 Å². The Hall–Kier alpha value is -0.0400. The van der Waals surface area contributed by atoms with Crippen LogP contribution in [0.3, 0.4) is 0 Å². The zero-order chi connectivity index (χ0) is 15.2. The predicted octanol–water partition coefficient (Wildman–Crippen LogP) is 4.18. The molecule has 0 spiro atoms. The van der Waals surface area contributed by atoms with Gasteiger partial charge >= 0.3 is 0 Å². The van der Waals surface area contributed by atoms with Crippen molar-refractivity contribution in [3.63, 3.8) is 0 Å². The molecule has 1 N–H and O–H groups in total. The molecule has 0 aliphatic heterocycles. The highest BCUT2D eigenvalue weighted by Crippen LogP contribution is 2.41. The molecule has 0 aromatic rings. The maximum absolute atomic E-state index is 2.49. The van der Waals surface area contributed by atoms with Crippen LogP contribution in [0.2, 0.25) is 0 Å². The molecule has 0 saturated heterocycles. The molecular formula is C19H40N+. The second-order valence-electron chi connectivity index (χ2n) is 8.48. The molecule has 1 heteroatoms. The summed E-state index contributed by atoms with van der Waals surface area (Å²) in [5.74, 6) is 2.89. The van der Waals surface area contributed by atoms with Crippen LogP contribution in [-0.4, -0.2) is 19.6 Å². The Morgan fingerprint density at radius 1 is 1.05 bits per heavy atom. The lowest BCUT2D eigenvalue weighted by Gasteiger charge is -2.37. The van der Waals surface area contributed by atoms with Gasteiger partial charge in [-0.15, -0.1) is 0 Å².